The number of hydrogen-bond donors (Lipinski definition) is 1. The summed E-state index contributed by atoms with van der Waals surface area (Å²) in [7, 11) is -3.69. The van der Waals surface area contributed by atoms with Crippen molar-refractivity contribution in [1.82, 2.24) is 0 Å². The minimum atomic E-state index is -3.69. The number of carbonyl (C=O) groups excluding carboxylic acids is 1. The highest BCUT2D eigenvalue weighted by molar-refractivity contribution is 9.10. The Labute approximate surface area is 157 Å². The van der Waals surface area contributed by atoms with Gasteiger partial charge in [-0.1, -0.05) is 52.0 Å². The van der Waals surface area contributed by atoms with Gasteiger partial charge in [-0.2, -0.15) is 8.78 Å². The number of amides is 1. The first-order valence-corrected chi connectivity index (χ1v) is 10.5. The van der Waals surface area contributed by atoms with Crippen molar-refractivity contribution < 1.29 is 22.0 Å². The highest BCUT2D eigenvalue weighted by Gasteiger charge is 2.19. The van der Waals surface area contributed by atoms with Crippen molar-refractivity contribution in [3.63, 3.8) is 0 Å². The molecule has 0 aliphatic carbocycles. The van der Waals surface area contributed by atoms with Crippen LogP contribution >= 0.6 is 27.7 Å². The maximum atomic E-state index is 12.5. The van der Waals surface area contributed by atoms with E-state index in [1.807, 2.05) is 0 Å². The molecule has 25 heavy (non-hydrogen) atoms. The number of para-hydroxylation sites is 1. The summed E-state index contributed by atoms with van der Waals surface area (Å²) in [5.74, 6) is -4.41. The SMILES string of the molecule is O=C(CS(=O)(=O)Cc1ccc(Br)cc1)Nc1ccccc1SC(F)F. The van der Waals surface area contributed by atoms with Gasteiger partial charge in [-0.15, -0.1) is 0 Å². The molecule has 0 aromatic heterocycles. The van der Waals surface area contributed by atoms with E-state index in [0.29, 0.717) is 5.56 Å². The van der Waals surface area contributed by atoms with Gasteiger partial charge in [0.15, 0.2) is 9.84 Å². The van der Waals surface area contributed by atoms with Crippen LogP contribution in [0.2, 0.25) is 0 Å². The number of thioether (sulfide) groups is 1. The molecule has 2 rings (SSSR count). The zero-order valence-electron chi connectivity index (χ0n) is 12.8. The summed E-state index contributed by atoms with van der Waals surface area (Å²) < 4.78 is 50.2. The fourth-order valence-electron chi connectivity index (χ4n) is 2.04. The van der Waals surface area contributed by atoms with Gasteiger partial charge in [0.2, 0.25) is 5.91 Å². The molecule has 9 heteroatoms. The van der Waals surface area contributed by atoms with E-state index in [2.05, 4.69) is 21.2 Å². The molecule has 4 nitrogen and oxygen atoms in total. The second-order valence-corrected chi connectivity index (χ2v) is 9.09. The van der Waals surface area contributed by atoms with E-state index in [4.69, 9.17) is 0 Å². The van der Waals surface area contributed by atoms with Crippen LogP contribution in [-0.4, -0.2) is 25.8 Å². The van der Waals surface area contributed by atoms with E-state index in [9.17, 15) is 22.0 Å². The van der Waals surface area contributed by atoms with E-state index in [-0.39, 0.29) is 28.1 Å². The molecule has 0 spiro atoms. The lowest BCUT2D eigenvalue weighted by atomic mass is 10.2. The molecule has 2 aromatic carbocycles. The first-order chi connectivity index (χ1) is 11.7. The van der Waals surface area contributed by atoms with E-state index < -0.39 is 27.3 Å². The van der Waals surface area contributed by atoms with Crippen molar-refractivity contribution >= 4 is 49.1 Å². The van der Waals surface area contributed by atoms with Gasteiger partial charge in [-0.25, -0.2) is 8.42 Å². The number of nitrogens with one attached hydrogen (secondary N) is 1. The van der Waals surface area contributed by atoms with Crippen molar-refractivity contribution in [3.8, 4) is 0 Å². The summed E-state index contributed by atoms with van der Waals surface area (Å²) in [5, 5.41) is 2.39. The molecule has 0 heterocycles. The molecule has 0 bridgehead atoms. The van der Waals surface area contributed by atoms with Gasteiger partial charge < -0.3 is 5.32 Å². The number of alkyl halides is 2. The highest BCUT2D eigenvalue weighted by atomic mass is 79.9. The Balaban J connectivity index is 2.03. The summed E-state index contributed by atoms with van der Waals surface area (Å²) in [5.41, 5.74) is 0.723. The Hall–Kier alpha value is -1.45. The lowest BCUT2D eigenvalue weighted by molar-refractivity contribution is -0.113. The van der Waals surface area contributed by atoms with Gasteiger partial charge in [0.25, 0.3) is 5.76 Å². The van der Waals surface area contributed by atoms with Gasteiger partial charge in [-0.05, 0) is 29.8 Å². The van der Waals surface area contributed by atoms with Crippen LogP contribution in [0.1, 0.15) is 5.56 Å². The van der Waals surface area contributed by atoms with Crippen molar-refractivity contribution in [2.24, 2.45) is 0 Å². The number of hydrogen-bond acceptors (Lipinski definition) is 4. The average molecular weight is 450 g/mol. The predicted octanol–water partition coefficient (Wildman–Crippen LogP) is 4.32. The molecular formula is C16H14BrF2NO3S2. The maximum Gasteiger partial charge on any atom is 0.288 e. The van der Waals surface area contributed by atoms with Gasteiger partial charge in [0.1, 0.15) is 5.75 Å². The zero-order valence-corrected chi connectivity index (χ0v) is 16.0. The fraction of sp³-hybridized carbons (Fsp3) is 0.188. The van der Waals surface area contributed by atoms with E-state index >= 15 is 0 Å². The van der Waals surface area contributed by atoms with E-state index in [0.717, 1.165) is 4.47 Å². The van der Waals surface area contributed by atoms with Crippen LogP contribution in [0, 0.1) is 0 Å². The van der Waals surface area contributed by atoms with Crippen LogP contribution in [0.5, 0.6) is 0 Å². The predicted molar refractivity (Wildman–Crippen MR) is 98.6 cm³/mol. The Morgan fingerprint density at radius 2 is 1.76 bits per heavy atom. The van der Waals surface area contributed by atoms with Crippen LogP contribution in [0.4, 0.5) is 14.5 Å². The topological polar surface area (TPSA) is 63.2 Å². The Kier molecular flexibility index (Phi) is 6.97. The molecule has 0 radical (unpaired) electrons. The molecule has 0 saturated heterocycles. The summed E-state index contributed by atoms with van der Waals surface area (Å²) in [4.78, 5) is 12.2. The number of carbonyl (C=O) groups is 1. The summed E-state index contributed by atoms with van der Waals surface area (Å²) in [6.45, 7) is 0. The molecule has 0 aliphatic heterocycles. The average Bonchev–Trinajstić information content (AvgIpc) is 2.50. The monoisotopic (exact) mass is 449 g/mol. The highest BCUT2D eigenvalue weighted by Crippen LogP contribution is 2.31. The summed E-state index contributed by atoms with van der Waals surface area (Å²) in [6.07, 6.45) is 0. The van der Waals surface area contributed by atoms with Crippen LogP contribution < -0.4 is 5.32 Å². The molecule has 0 aliphatic rings. The molecule has 1 amide bonds. The second kappa shape index (κ2) is 8.77. The minimum Gasteiger partial charge on any atom is -0.324 e. The van der Waals surface area contributed by atoms with Crippen molar-refractivity contribution in [2.75, 3.05) is 11.1 Å². The van der Waals surface area contributed by atoms with Gasteiger partial charge >= 0.3 is 0 Å². The molecular weight excluding hydrogens is 436 g/mol. The zero-order chi connectivity index (χ0) is 18.4. The quantitative estimate of drug-likeness (QED) is 0.639. The fourth-order valence-corrected chi connectivity index (χ4v) is 4.17. The summed E-state index contributed by atoms with van der Waals surface area (Å²) in [6, 6.07) is 12.7. The van der Waals surface area contributed by atoms with Crippen LogP contribution in [0.15, 0.2) is 57.9 Å². The molecule has 0 fully saturated rings. The lowest BCUT2D eigenvalue weighted by Gasteiger charge is -2.10. The first kappa shape index (κ1) is 19.9. The van der Waals surface area contributed by atoms with Crippen LogP contribution in [-0.2, 0) is 20.4 Å². The van der Waals surface area contributed by atoms with E-state index in [1.165, 1.54) is 12.1 Å². The Morgan fingerprint density at radius 1 is 1.12 bits per heavy atom. The Morgan fingerprint density at radius 3 is 2.40 bits per heavy atom. The summed E-state index contributed by atoms with van der Waals surface area (Å²) >= 11 is 3.54. The third-order valence-electron chi connectivity index (χ3n) is 3.03. The number of anilines is 1. The first-order valence-electron chi connectivity index (χ1n) is 7.04. The van der Waals surface area contributed by atoms with Crippen molar-refractivity contribution in [3.05, 3.63) is 58.6 Å². The standard InChI is InChI=1S/C16H14BrF2NO3S2/c17-12-7-5-11(6-8-12)9-25(22,23)10-15(21)20-13-3-1-2-4-14(13)24-16(18)19/h1-8,16H,9-10H2,(H,20,21). The molecule has 0 saturated carbocycles. The number of halogens is 3. The Bertz CT molecular complexity index is 843. The van der Waals surface area contributed by atoms with Crippen molar-refractivity contribution in [2.45, 2.75) is 16.4 Å². The second-order valence-electron chi connectivity index (χ2n) is 5.08. The lowest BCUT2D eigenvalue weighted by Crippen LogP contribution is -2.24. The van der Waals surface area contributed by atoms with Gasteiger partial charge in [0, 0.05) is 9.37 Å². The van der Waals surface area contributed by atoms with Crippen LogP contribution in [0.3, 0.4) is 0 Å². The normalized spacial score (nSPS) is 11.5. The number of benzene rings is 2. The van der Waals surface area contributed by atoms with E-state index in [1.54, 1.807) is 36.4 Å². The third kappa shape index (κ3) is 6.75. The largest absolute Gasteiger partial charge is 0.324 e. The molecule has 0 atom stereocenters. The third-order valence-corrected chi connectivity index (χ3v) is 5.82. The van der Waals surface area contributed by atoms with Crippen molar-refractivity contribution in [1.29, 1.82) is 0 Å². The molecule has 1 N–H and O–H groups in total. The smallest absolute Gasteiger partial charge is 0.288 e. The van der Waals surface area contributed by atoms with Gasteiger partial charge in [0.05, 0.1) is 11.4 Å². The van der Waals surface area contributed by atoms with Gasteiger partial charge in [-0.3, -0.25) is 4.79 Å². The minimum absolute atomic E-state index is 0.164. The molecule has 2 aromatic rings. The number of sulfone groups is 1. The maximum absolute atomic E-state index is 12.5. The number of rotatable bonds is 7. The van der Waals surface area contributed by atoms with Crippen LogP contribution in [0.25, 0.3) is 0 Å². The molecule has 134 valence electrons. The molecule has 0 unspecified atom stereocenters.